The molecule has 0 unspecified atom stereocenters. The van der Waals surface area contributed by atoms with Gasteiger partial charge in [0.05, 0.1) is 24.2 Å². The first-order valence-electron chi connectivity index (χ1n) is 14.7. The van der Waals surface area contributed by atoms with Gasteiger partial charge in [-0.25, -0.2) is 4.98 Å². The zero-order valence-corrected chi connectivity index (χ0v) is 22.7. The number of ether oxygens (including phenoxy) is 2. The average molecular weight is 516 g/mol. The average Bonchev–Trinajstić information content (AvgIpc) is 3.26. The number of rotatable bonds is 12. The van der Waals surface area contributed by atoms with Crippen molar-refractivity contribution >= 4 is 16.9 Å². The summed E-state index contributed by atoms with van der Waals surface area (Å²) in [5.41, 5.74) is 2.10. The van der Waals surface area contributed by atoms with Crippen molar-refractivity contribution in [3.05, 3.63) is 54.4 Å². The van der Waals surface area contributed by atoms with Crippen LogP contribution in [0.25, 0.3) is 11.0 Å². The minimum Gasteiger partial charge on any atom is -0.490 e. The number of hydrogen-bond donors (Lipinski definition) is 1. The highest BCUT2D eigenvalue weighted by Gasteiger charge is 2.54. The molecule has 1 N–H and O–H groups in total. The maximum absolute atomic E-state index is 13.4. The molecule has 4 aliphatic carbocycles. The lowest BCUT2D eigenvalue weighted by molar-refractivity contribution is -0.146. The summed E-state index contributed by atoms with van der Waals surface area (Å²) in [5, 5.41) is 3.35. The summed E-state index contributed by atoms with van der Waals surface area (Å²) in [6.07, 6.45) is 10.1. The number of nitrogens with zero attached hydrogens (tertiary/aromatic N) is 2. The Kier molecular flexibility index (Phi) is 7.31. The maximum atomic E-state index is 13.4. The Morgan fingerprint density at radius 3 is 2.32 bits per heavy atom. The summed E-state index contributed by atoms with van der Waals surface area (Å²) in [7, 11) is 0. The van der Waals surface area contributed by atoms with Gasteiger partial charge in [0.2, 0.25) is 5.91 Å². The summed E-state index contributed by atoms with van der Waals surface area (Å²) in [5.74, 6) is 5.32. The van der Waals surface area contributed by atoms with Gasteiger partial charge in [-0.1, -0.05) is 24.3 Å². The van der Waals surface area contributed by atoms with Crippen molar-refractivity contribution in [1.29, 1.82) is 0 Å². The largest absolute Gasteiger partial charge is 0.490 e. The van der Waals surface area contributed by atoms with E-state index < -0.39 is 0 Å². The van der Waals surface area contributed by atoms with E-state index in [-0.39, 0.29) is 5.41 Å². The minimum atomic E-state index is -0.0876. The smallest absolute Gasteiger partial charge is 0.226 e. The number of fused-ring (bicyclic) bond motifs is 1. The lowest BCUT2D eigenvalue weighted by Gasteiger charge is -2.55. The van der Waals surface area contributed by atoms with E-state index in [0.29, 0.717) is 25.7 Å². The number of benzene rings is 2. The Morgan fingerprint density at radius 2 is 1.61 bits per heavy atom. The van der Waals surface area contributed by atoms with Crippen LogP contribution in [-0.4, -0.2) is 35.2 Å². The van der Waals surface area contributed by atoms with Crippen LogP contribution in [0.5, 0.6) is 11.5 Å². The van der Waals surface area contributed by atoms with Crippen LogP contribution in [0.3, 0.4) is 0 Å². The molecule has 0 atom stereocenters. The number of imidazole rings is 1. The van der Waals surface area contributed by atoms with Gasteiger partial charge in [0.25, 0.3) is 0 Å². The Bertz CT molecular complexity index is 1230. The number of para-hydroxylation sites is 4. The van der Waals surface area contributed by atoms with Crippen LogP contribution in [-0.2, 0) is 17.8 Å². The van der Waals surface area contributed by atoms with Gasteiger partial charge in [-0.05, 0) is 100 Å². The number of nitrogens with one attached hydrogen (secondary N) is 1. The van der Waals surface area contributed by atoms with Crippen LogP contribution in [0.4, 0.5) is 0 Å². The molecule has 1 heterocycles. The van der Waals surface area contributed by atoms with Crippen LogP contribution in [0.1, 0.15) is 64.1 Å². The summed E-state index contributed by atoms with van der Waals surface area (Å²) >= 11 is 0. The zero-order chi connectivity index (χ0) is 26.0. The Labute approximate surface area is 226 Å². The molecule has 0 aliphatic heterocycles. The van der Waals surface area contributed by atoms with Crippen molar-refractivity contribution in [2.45, 2.75) is 71.3 Å². The second kappa shape index (κ2) is 11.0. The van der Waals surface area contributed by atoms with Gasteiger partial charge in [-0.3, -0.25) is 4.79 Å². The highest BCUT2D eigenvalue weighted by Crippen LogP contribution is 2.60. The molecule has 4 bridgehead atoms. The molecule has 202 valence electrons. The van der Waals surface area contributed by atoms with E-state index in [0.717, 1.165) is 91.2 Å². The Hall–Kier alpha value is -3.02. The second-order valence-corrected chi connectivity index (χ2v) is 11.8. The first kappa shape index (κ1) is 25.3. The second-order valence-electron chi connectivity index (χ2n) is 11.8. The molecule has 1 aromatic heterocycles. The van der Waals surface area contributed by atoms with E-state index in [1.165, 1.54) is 19.3 Å². The van der Waals surface area contributed by atoms with Crippen molar-refractivity contribution in [3.63, 3.8) is 0 Å². The van der Waals surface area contributed by atoms with E-state index in [2.05, 4.69) is 28.1 Å². The van der Waals surface area contributed by atoms with Gasteiger partial charge in [-0.15, -0.1) is 0 Å². The van der Waals surface area contributed by atoms with Crippen LogP contribution in [0.2, 0.25) is 0 Å². The van der Waals surface area contributed by atoms with Crippen molar-refractivity contribution in [3.8, 4) is 11.5 Å². The number of unbranched alkanes of at least 4 members (excludes halogenated alkanes) is 1. The highest BCUT2D eigenvalue weighted by molar-refractivity contribution is 5.83. The molecule has 0 spiro atoms. The quantitative estimate of drug-likeness (QED) is 0.293. The van der Waals surface area contributed by atoms with Gasteiger partial charge in [0.15, 0.2) is 11.5 Å². The highest BCUT2D eigenvalue weighted by atomic mass is 16.5. The zero-order valence-electron chi connectivity index (χ0n) is 22.7. The fourth-order valence-corrected chi connectivity index (χ4v) is 7.83. The predicted octanol–water partition coefficient (Wildman–Crippen LogP) is 6.17. The third-order valence-electron chi connectivity index (χ3n) is 9.07. The summed E-state index contributed by atoms with van der Waals surface area (Å²) in [6, 6.07) is 16.2. The molecule has 4 saturated carbocycles. The first-order valence-corrected chi connectivity index (χ1v) is 14.7. The molecule has 3 aromatic rings. The lowest BCUT2D eigenvalue weighted by atomic mass is 9.49. The van der Waals surface area contributed by atoms with Crippen LogP contribution in [0, 0.1) is 23.2 Å². The number of hydrogen-bond acceptors (Lipinski definition) is 4. The van der Waals surface area contributed by atoms with Gasteiger partial charge in [-0.2, -0.15) is 0 Å². The Balaban J connectivity index is 1.04. The normalized spacial score (nSPS) is 25.6. The van der Waals surface area contributed by atoms with E-state index >= 15 is 0 Å². The van der Waals surface area contributed by atoms with Crippen molar-refractivity contribution in [2.75, 3.05) is 19.8 Å². The number of carbonyl (C=O) groups excluding carboxylic acids is 1. The molecular formula is C32H41N3O3. The van der Waals surface area contributed by atoms with Gasteiger partial charge >= 0.3 is 0 Å². The Morgan fingerprint density at radius 1 is 0.947 bits per heavy atom. The van der Waals surface area contributed by atoms with E-state index in [1.807, 2.05) is 37.3 Å². The third kappa shape index (κ3) is 5.14. The molecule has 6 heteroatoms. The van der Waals surface area contributed by atoms with Crippen LogP contribution >= 0.6 is 0 Å². The first-order chi connectivity index (χ1) is 18.6. The molecule has 0 radical (unpaired) electrons. The number of aromatic nitrogens is 2. The van der Waals surface area contributed by atoms with Gasteiger partial charge in [0.1, 0.15) is 5.82 Å². The topological polar surface area (TPSA) is 65.4 Å². The van der Waals surface area contributed by atoms with Crippen molar-refractivity contribution < 1.29 is 14.3 Å². The molecule has 6 nitrogen and oxygen atoms in total. The van der Waals surface area contributed by atoms with Gasteiger partial charge in [0, 0.05) is 24.9 Å². The lowest BCUT2D eigenvalue weighted by Crippen LogP contribution is -2.53. The molecule has 0 saturated heterocycles. The summed E-state index contributed by atoms with van der Waals surface area (Å²) in [6.45, 7) is 4.79. The van der Waals surface area contributed by atoms with Gasteiger partial charge < -0.3 is 19.4 Å². The standard InChI is InChI=1S/C32H41N3O3/c1-2-37-28-11-5-6-12-29(28)38-16-8-7-15-35-27-10-4-3-9-26(27)34-30(35)13-14-33-31(36)32-20-23-17-24(21-32)19-25(18-23)22-32/h3-6,9-12,23-25H,2,7-8,13-22H2,1H3,(H,33,36). The molecule has 1 amide bonds. The molecular weight excluding hydrogens is 474 g/mol. The number of carbonyl (C=O) groups is 1. The number of amides is 1. The summed E-state index contributed by atoms with van der Waals surface area (Å²) < 4.78 is 14.0. The van der Waals surface area contributed by atoms with Crippen molar-refractivity contribution in [1.82, 2.24) is 14.9 Å². The summed E-state index contributed by atoms with van der Waals surface area (Å²) in [4.78, 5) is 18.4. The fraction of sp³-hybridized carbons (Fsp3) is 0.562. The number of aryl methyl sites for hydroxylation is 1. The van der Waals surface area contributed by atoms with Crippen molar-refractivity contribution in [2.24, 2.45) is 23.2 Å². The molecule has 2 aromatic carbocycles. The minimum absolute atomic E-state index is 0.0876. The maximum Gasteiger partial charge on any atom is 0.226 e. The van der Waals surface area contributed by atoms with E-state index in [1.54, 1.807) is 0 Å². The monoisotopic (exact) mass is 515 g/mol. The predicted molar refractivity (Wildman–Crippen MR) is 149 cm³/mol. The third-order valence-corrected chi connectivity index (χ3v) is 9.07. The SMILES string of the molecule is CCOc1ccccc1OCCCCn1c(CCNC(=O)C23CC4CC(CC(C4)C2)C3)nc2ccccc21. The molecule has 4 fully saturated rings. The van der Waals surface area contributed by atoms with E-state index in [9.17, 15) is 4.79 Å². The van der Waals surface area contributed by atoms with Crippen LogP contribution in [0.15, 0.2) is 48.5 Å². The molecule has 4 aliphatic rings. The molecule has 7 rings (SSSR count). The molecule has 38 heavy (non-hydrogen) atoms. The van der Waals surface area contributed by atoms with Crippen LogP contribution < -0.4 is 14.8 Å². The fourth-order valence-electron chi connectivity index (χ4n) is 7.83. The van der Waals surface area contributed by atoms with E-state index in [4.69, 9.17) is 14.5 Å².